The Balaban J connectivity index is 0.000000621. The van der Waals surface area contributed by atoms with E-state index in [0.29, 0.717) is 6.42 Å². The van der Waals surface area contributed by atoms with Crippen molar-refractivity contribution in [3.8, 4) is 0 Å². The van der Waals surface area contributed by atoms with Gasteiger partial charge in [-0.05, 0) is 44.7 Å². The van der Waals surface area contributed by atoms with Crippen molar-refractivity contribution in [1.29, 1.82) is 0 Å². The van der Waals surface area contributed by atoms with Gasteiger partial charge in [0.25, 0.3) is 0 Å². The summed E-state index contributed by atoms with van der Waals surface area (Å²) >= 11 is 0. The van der Waals surface area contributed by atoms with Gasteiger partial charge >= 0.3 is 16.3 Å². The van der Waals surface area contributed by atoms with Gasteiger partial charge in [-0.25, -0.2) is 4.79 Å². The number of anilines is 1. The Bertz CT molecular complexity index is 658. The van der Waals surface area contributed by atoms with E-state index in [0.717, 1.165) is 27.5 Å². The smallest absolute Gasteiger partial charge is 0.389 e. The first-order valence-corrected chi connectivity index (χ1v) is 10.2. The van der Waals surface area contributed by atoms with Crippen molar-refractivity contribution in [3.05, 3.63) is 29.3 Å². The van der Waals surface area contributed by atoms with Crippen LogP contribution in [0.15, 0.2) is 18.2 Å². The maximum Gasteiger partial charge on any atom is 0.389 e. The van der Waals surface area contributed by atoms with Crippen molar-refractivity contribution in [1.82, 2.24) is 4.31 Å². The van der Waals surface area contributed by atoms with Gasteiger partial charge in [-0.1, -0.05) is 32.0 Å². The summed E-state index contributed by atoms with van der Waals surface area (Å²) in [4.78, 5) is 10.8. The van der Waals surface area contributed by atoms with Crippen LogP contribution in [0.4, 0.5) is 5.69 Å². The molecule has 1 aromatic rings. The van der Waals surface area contributed by atoms with Crippen LogP contribution in [0.1, 0.15) is 44.7 Å². The molecule has 0 fully saturated rings. The SMILES string of the molecule is CCCN(COC(C)CC)S(=O)(=O)OC(=O)CO.Cc1cccc(C)c1N. The number of carbonyl (C=O) groups is 1. The van der Waals surface area contributed by atoms with E-state index in [2.05, 4.69) is 4.18 Å². The minimum atomic E-state index is -4.20. The highest BCUT2D eigenvalue weighted by molar-refractivity contribution is 7.84. The molecular formula is C18H32N2O6S. The molecule has 9 heteroatoms. The van der Waals surface area contributed by atoms with Crippen molar-refractivity contribution >= 4 is 22.0 Å². The number of carbonyl (C=O) groups excluding carboxylic acids is 1. The second-order valence-corrected chi connectivity index (χ2v) is 7.61. The zero-order valence-electron chi connectivity index (χ0n) is 16.8. The average Bonchev–Trinajstić information content (AvgIpc) is 2.62. The molecule has 0 aromatic heterocycles. The van der Waals surface area contributed by atoms with Crippen LogP contribution in [-0.4, -0.2) is 49.8 Å². The van der Waals surface area contributed by atoms with Crippen LogP contribution in [-0.2, 0) is 24.0 Å². The number of ether oxygens (including phenoxy) is 1. The lowest BCUT2D eigenvalue weighted by Gasteiger charge is -2.21. The molecule has 27 heavy (non-hydrogen) atoms. The van der Waals surface area contributed by atoms with Gasteiger partial charge in [0.15, 0.2) is 0 Å². The lowest BCUT2D eigenvalue weighted by atomic mass is 10.1. The Labute approximate surface area is 162 Å². The molecule has 1 aromatic carbocycles. The van der Waals surface area contributed by atoms with E-state index in [1.807, 2.05) is 45.9 Å². The highest BCUT2D eigenvalue weighted by Crippen LogP contribution is 2.13. The van der Waals surface area contributed by atoms with Crippen molar-refractivity contribution in [2.75, 3.05) is 25.6 Å². The van der Waals surface area contributed by atoms with Gasteiger partial charge in [-0.15, -0.1) is 4.31 Å². The summed E-state index contributed by atoms with van der Waals surface area (Å²) in [5.41, 5.74) is 8.92. The van der Waals surface area contributed by atoms with Gasteiger partial charge in [-0.2, -0.15) is 8.42 Å². The molecule has 0 aliphatic rings. The van der Waals surface area contributed by atoms with E-state index in [9.17, 15) is 13.2 Å². The standard InChI is InChI=1S/C10H21NO6S.C8H11N/c1-4-6-11(8-16-9(3)5-2)18(14,15)17-10(13)7-12;1-6-4-3-5-7(2)8(6)9/h9,12H,4-8H2,1-3H3;3-5H,9H2,1-2H3. The second-order valence-electron chi connectivity index (χ2n) is 6.07. The van der Waals surface area contributed by atoms with Gasteiger partial charge in [0.05, 0.1) is 6.10 Å². The Hall–Kier alpha value is -1.68. The summed E-state index contributed by atoms with van der Waals surface area (Å²) in [6.45, 7) is 8.57. The largest absolute Gasteiger partial charge is 0.398 e. The van der Waals surface area contributed by atoms with Crippen LogP contribution in [0.5, 0.6) is 0 Å². The van der Waals surface area contributed by atoms with Crippen LogP contribution >= 0.6 is 0 Å². The number of hydrogen-bond acceptors (Lipinski definition) is 7. The van der Waals surface area contributed by atoms with E-state index in [1.54, 1.807) is 6.92 Å². The molecule has 0 radical (unpaired) electrons. The fraction of sp³-hybridized carbons (Fsp3) is 0.611. The summed E-state index contributed by atoms with van der Waals surface area (Å²) in [5, 5.41) is 8.48. The number of nitrogens with two attached hydrogens (primary N) is 1. The van der Waals surface area contributed by atoms with Gasteiger partial charge < -0.3 is 19.8 Å². The monoisotopic (exact) mass is 404 g/mol. The maximum atomic E-state index is 11.7. The van der Waals surface area contributed by atoms with E-state index in [-0.39, 0.29) is 19.4 Å². The molecule has 0 saturated heterocycles. The molecule has 3 N–H and O–H groups in total. The van der Waals surface area contributed by atoms with Gasteiger partial charge in [0, 0.05) is 12.2 Å². The summed E-state index contributed by atoms with van der Waals surface area (Å²) in [5.74, 6) is -1.21. The third-order valence-electron chi connectivity index (χ3n) is 3.74. The number of benzene rings is 1. The Kier molecular flexibility index (Phi) is 11.9. The molecule has 0 heterocycles. The van der Waals surface area contributed by atoms with E-state index < -0.39 is 22.9 Å². The predicted molar refractivity (Wildman–Crippen MR) is 105 cm³/mol. The molecule has 156 valence electrons. The third kappa shape index (κ3) is 9.71. The number of nitrogen functional groups attached to an aromatic ring is 1. The van der Waals surface area contributed by atoms with Crippen molar-refractivity contribution in [2.45, 2.75) is 53.6 Å². The van der Waals surface area contributed by atoms with Crippen LogP contribution < -0.4 is 5.73 Å². The molecule has 1 atom stereocenters. The lowest BCUT2D eigenvalue weighted by molar-refractivity contribution is -0.137. The molecule has 0 aliphatic carbocycles. The highest BCUT2D eigenvalue weighted by Gasteiger charge is 2.26. The fourth-order valence-electron chi connectivity index (χ4n) is 1.84. The van der Waals surface area contributed by atoms with Crippen LogP contribution in [0, 0.1) is 13.8 Å². The maximum absolute atomic E-state index is 11.7. The number of nitrogens with zero attached hydrogens (tertiary/aromatic N) is 1. The molecule has 0 amide bonds. The Morgan fingerprint density at radius 1 is 1.26 bits per heavy atom. The molecule has 1 unspecified atom stereocenters. The number of aryl methyl sites for hydroxylation is 2. The number of rotatable bonds is 9. The molecule has 0 saturated carbocycles. The zero-order chi connectivity index (χ0) is 21.0. The van der Waals surface area contributed by atoms with Crippen LogP contribution in [0.2, 0.25) is 0 Å². The van der Waals surface area contributed by atoms with Crippen molar-refractivity contribution < 1.29 is 27.2 Å². The summed E-state index contributed by atoms with van der Waals surface area (Å²) in [7, 11) is -4.20. The molecule has 0 aliphatic heterocycles. The Morgan fingerprint density at radius 3 is 2.22 bits per heavy atom. The first-order chi connectivity index (χ1) is 12.6. The van der Waals surface area contributed by atoms with E-state index >= 15 is 0 Å². The highest BCUT2D eigenvalue weighted by atomic mass is 32.2. The molecule has 1 rings (SSSR count). The van der Waals surface area contributed by atoms with Crippen LogP contribution in [0.3, 0.4) is 0 Å². The Morgan fingerprint density at radius 2 is 1.81 bits per heavy atom. The van der Waals surface area contributed by atoms with E-state index in [1.165, 1.54) is 0 Å². The minimum Gasteiger partial charge on any atom is -0.398 e. The normalized spacial score (nSPS) is 12.3. The minimum absolute atomic E-state index is 0.0897. The fourth-order valence-corrected chi connectivity index (χ4v) is 2.83. The lowest BCUT2D eigenvalue weighted by Crippen LogP contribution is -2.37. The topological polar surface area (TPSA) is 119 Å². The van der Waals surface area contributed by atoms with E-state index in [4.69, 9.17) is 15.6 Å². The zero-order valence-corrected chi connectivity index (χ0v) is 17.6. The van der Waals surface area contributed by atoms with Crippen molar-refractivity contribution in [3.63, 3.8) is 0 Å². The summed E-state index contributed by atoms with van der Waals surface area (Å²) in [6.07, 6.45) is 1.21. The summed E-state index contributed by atoms with van der Waals surface area (Å²) < 4.78 is 33.8. The van der Waals surface area contributed by atoms with Crippen molar-refractivity contribution in [2.24, 2.45) is 0 Å². The number of hydrogen-bond donors (Lipinski definition) is 2. The third-order valence-corrected chi connectivity index (χ3v) is 5.05. The van der Waals surface area contributed by atoms with Gasteiger partial charge in [0.1, 0.15) is 13.3 Å². The number of aliphatic hydroxyl groups is 1. The second kappa shape index (κ2) is 12.7. The summed E-state index contributed by atoms with van der Waals surface area (Å²) in [6, 6.07) is 6.05. The molecule has 0 bridgehead atoms. The van der Waals surface area contributed by atoms with Gasteiger partial charge in [0.2, 0.25) is 0 Å². The number of aliphatic hydroxyl groups excluding tert-OH is 1. The quantitative estimate of drug-likeness (QED) is 0.478. The predicted octanol–water partition coefficient (Wildman–Crippen LogP) is 2.14. The van der Waals surface area contributed by atoms with Gasteiger partial charge in [-0.3, -0.25) is 0 Å². The first kappa shape index (κ1) is 25.3. The number of para-hydroxylation sites is 1. The molecular weight excluding hydrogens is 372 g/mol. The van der Waals surface area contributed by atoms with Crippen LogP contribution in [0.25, 0.3) is 0 Å². The first-order valence-electron chi connectivity index (χ1n) is 8.85. The molecule has 0 spiro atoms. The molecule has 8 nitrogen and oxygen atoms in total. The average molecular weight is 405 g/mol.